The molecule has 2 aliphatic rings. The molecule has 0 bridgehead atoms. The van der Waals surface area contributed by atoms with Gasteiger partial charge in [0.05, 0.1) is 12.7 Å². The zero-order valence-electron chi connectivity index (χ0n) is 14.4. The zero-order valence-corrected chi connectivity index (χ0v) is 15.1. The molecular formula is C21H22ClNO2. The van der Waals surface area contributed by atoms with Crippen LogP contribution in [0.3, 0.4) is 0 Å². The first-order valence-corrected chi connectivity index (χ1v) is 9.27. The second-order valence-corrected chi connectivity index (χ2v) is 7.47. The molecule has 4 heteroatoms. The highest BCUT2D eigenvalue weighted by molar-refractivity contribution is 6.30. The molecule has 0 radical (unpaired) electrons. The Balaban J connectivity index is 1.50. The van der Waals surface area contributed by atoms with E-state index >= 15 is 0 Å². The number of ether oxygens (including phenoxy) is 1. The Kier molecular flexibility index (Phi) is 4.53. The summed E-state index contributed by atoms with van der Waals surface area (Å²) >= 11 is 6.04. The Hall–Kier alpha value is -1.84. The second kappa shape index (κ2) is 6.81. The first-order valence-electron chi connectivity index (χ1n) is 8.89. The molecule has 2 fully saturated rings. The quantitative estimate of drug-likeness (QED) is 0.807. The Bertz CT molecular complexity index is 783. The highest BCUT2D eigenvalue weighted by atomic mass is 35.5. The van der Waals surface area contributed by atoms with Crippen molar-refractivity contribution >= 4 is 17.5 Å². The van der Waals surface area contributed by atoms with Gasteiger partial charge in [-0.05, 0) is 66.6 Å². The standard InChI is InChI=1S/C21H22ClNO2/c1-14-12-18(22)8-9-19(14)15-2-6-17(7-3-15)21(24)23-10-11-25-20(13-23)16-4-5-16/h2-3,6-9,12,16,20H,4-5,10-11,13H2,1H3. The van der Waals surface area contributed by atoms with Gasteiger partial charge in [0, 0.05) is 23.7 Å². The van der Waals surface area contributed by atoms with Gasteiger partial charge in [-0.2, -0.15) is 0 Å². The molecule has 2 aromatic carbocycles. The van der Waals surface area contributed by atoms with Crippen LogP contribution in [0.15, 0.2) is 42.5 Å². The van der Waals surface area contributed by atoms with Gasteiger partial charge in [-0.15, -0.1) is 0 Å². The molecule has 1 heterocycles. The predicted octanol–water partition coefficient (Wildman–Crippen LogP) is 4.57. The van der Waals surface area contributed by atoms with E-state index in [-0.39, 0.29) is 12.0 Å². The average Bonchev–Trinajstić information content (AvgIpc) is 3.47. The van der Waals surface area contributed by atoms with Gasteiger partial charge in [-0.3, -0.25) is 4.79 Å². The van der Waals surface area contributed by atoms with E-state index in [0.717, 1.165) is 33.8 Å². The maximum Gasteiger partial charge on any atom is 0.254 e. The molecule has 3 nitrogen and oxygen atoms in total. The molecule has 1 saturated carbocycles. The molecule has 0 N–H and O–H groups in total. The predicted molar refractivity (Wildman–Crippen MR) is 100.0 cm³/mol. The molecule has 1 aliphatic carbocycles. The summed E-state index contributed by atoms with van der Waals surface area (Å²) in [6.07, 6.45) is 2.71. The molecule has 4 rings (SSSR count). The Morgan fingerprint density at radius 1 is 1.16 bits per heavy atom. The van der Waals surface area contributed by atoms with Crippen LogP contribution in [0, 0.1) is 12.8 Å². The van der Waals surface area contributed by atoms with Crippen LogP contribution in [0.25, 0.3) is 11.1 Å². The van der Waals surface area contributed by atoms with Crippen LogP contribution >= 0.6 is 11.6 Å². The summed E-state index contributed by atoms with van der Waals surface area (Å²) < 4.78 is 5.81. The van der Waals surface area contributed by atoms with Crippen molar-refractivity contribution in [1.82, 2.24) is 4.90 Å². The molecule has 1 atom stereocenters. The molecule has 25 heavy (non-hydrogen) atoms. The van der Waals surface area contributed by atoms with E-state index in [0.29, 0.717) is 19.1 Å². The van der Waals surface area contributed by atoms with Crippen molar-refractivity contribution in [3.05, 3.63) is 58.6 Å². The molecule has 0 spiro atoms. The van der Waals surface area contributed by atoms with Crippen LogP contribution in [0.2, 0.25) is 5.02 Å². The van der Waals surface area contributed by atoms with E-state index < -0.39 is 0 Å². The molecule has 1 amide bonds. The van der Waals surface area contributed by atoms with Crippen LogP contribution in [0.4, 0.5) is 0 Å². The van der Waals surface area contributed by atoms with E-state index in [2.05, 4.69) is 0 Å². The number of morpholine rings is 1. The van der Waals surface area contributed by atoms with Crippen LogP contribution < -0.4 is 0 Å². The smallest absolute Gasteiger partial charge is 0.254 e. The topological polar surface area (TPSA) is 29.5 Å². The Labute approximate surface area is 153 Å². The molecule has 1 saturated heterocycles. The van der Waals surface area contributed by atoms with Gasteiger partial charge in [-0.1, -0.05) is 29.8 Å². The minimum absolute atomic E-state index is 0.105. The minimum Gasteiger partial charge on any atom is -0.374 e. The summed E-state index contributed by atoms with van der Waals surface area (Å²) in [5.74, 6) is 0.763. The summed E-state index contributed by atoms with van der Waals surface area (Å²) in [6, 6.07) is 13.8. The molecular weight excluding hydrogens is 334 g/mol. The minimum atomic E-state index is 0.105. The highest BCUT2D eigenvalue weighted by Gasteiger charge is 2.36. The lowest BCUT2D eigenvalue weighted by molar-refractivity contribution is -0.0313. The molecule has 2 aromatic rings. The second-order valence-electron chi connectivity index (χ2n) is 7.03. The van der Waals surface area contributed by atoms with Crippen molar-refractivity contribution in [3.8, 4) is 11.1 Å². The highest BCUT2D eigenvalue weighted by Crippen LogP contribution is 2.36. The lowest BCUT2D eigenvalue weighted by Crippen LogP contribution is -2.46. The number of nitrogens with zero attached hydrogens (tertiary/aromatic N) is 1. The van der Waals surface area contributed by atoms with E-state index in [4.69, 9.17) is 16.3 Å². The number of benzene rings is 2. The first-order chi connectivity index (χ1) is 12.1. The van der Waals surface area contributed by atoms with E-state index in [1.165, 1.54) is 12.8 Å². The first kappa shape index (κ1) is 16.6. The normalized spacial score (nSPS) is 20.6. The van der Waals surface area contributed by atoms with Crippen LogP contribution in [0.1, 0.15) is 28.8 Å². The van der Waals surface area contributed by atoms with E-state index in [1.54, 1.807) is 0 Å². The summed E-state index contributed by atoms with van der Waals surface area (Å²) in [4.78, 5) is 14.7. The number of aryl methyl sites for hydroxylation is 1. The maximum absolute atomic E-state index is 12.8. The largest absolute Gasteiger partial charge is 0.374 e. The van der Waals surface area contributed by atoms with Gasteiger partial charge >= 0.3 is 0 Å². The van der Waals surface area contributed by atoms with Crippen molar-refractivity contribution in [1.29, 1.82) is 0 Å². The number of hydrogen-bond donors (Lipinski definition) is 0. The molecule has 0 aromatic heterocycles. The Morgan fingerprint density at radius 2 is 1.92 bits per heavy atom. The van der Waals surface area contributed by atoms with Gasteiger partial charge in [0.15, 0.2) is 0 Å². The lowest BCUT2D eigenvalue weighted by Gasteiger charge is -2.33. The van der Waals surface area contributed by atoms with E-state index in [9.17, 15) is 4.79 Å². The fraction of sp³-hybridized carbons (Fsp3) is 0.381. The van der Waals surface area contributed by atoms with Crippen molar-refractivity contribution in [2.24, 2.45) is 5.92 Å². The summed E-state index contributed by atoms with van der Waals surface area (Å²) in [5, 5.41) is 0.741. The number of rotatable bonds is 3. The Morgan fingerprint density at radius 3 is 2.60 bits per heavy atom. The third-order valence-corrected chi connectivity index (χ3v) is 5.39. The van der Waals surface area contributed by atoms with E-state index in [1.807, 2.05) is 54.3 Å². The van der Waals surface area contributed by atoms with Gasteiger partial charge in [-0.25, -0.2) is 0 Å². The summed E-state index contributed by atoms with van der Waals surface area (Å²) in [5.41, 5.74) is 4.12. The fourth-order valence-corrected chi connectivity index (χ4v) is 3.77. The van der Waals surface area contributed by atoms with Crippen molar-refractivity contribution < 1.29 is 9.53 Å². The van der Waals surface area contributed by atoms with Gasteiger partial charge < -0.3 is 9.64 Å². The average molecular weight is 356 g/mol. The third kappa shape index (κ3) is 3.58. The number of carbonyl (C=O) groups excluding carboxylic acids is 1. The van der Waals surface area contributed by atoms with Crippen LogP contribution in [-0.2, 0) is 4.74 Å². The SMILES string of the molecule is Cc1cc(Cl)ccc1-c1ccc(C(=O)N2CCOC(C3CC3)C2)cc1. The van der Waals surface area contributed by atoms with Gasteiger partial charge in [0.25, 0.3) is 5.91 Å². The molecule has 1 unspecified atom stereocenters. The summed E-state index contributed by atoms with van der Waals surface area (Å²) in [6.45, 7) is 4.10. The zero-order chi connectivity index (χ0) is 17.4. The fourth-order valence-electron chi connectivity index (χ4n) is 3.54. The number of carbonyl (C=O) groups is 1. The summed E-state index contributed by atoms with van der Waals surface area (Å²) in [7, 11) is 0. The van der Waals surface area contributed by atoms with Crippen LogP contribution in [-0.4, -0.2) is 36.6 Å². The van der Waals surface area contributed by atoms with Gasteiger partial charge in [0.2, 0.25) is 0 Å². The third-order valence-electron chi connectivity index (χ3n) is 5.16. The van der Waals surface area contributed by atoms with Crippen molar-refractivity contribution in [3.63, 3.8) is 0 Å². The number of amides is 1. The monoisotopic (exact) mass is 355 g/mol. The maximum atomic E-state index is 12.8. The van der Waals surface area contributed by atoms with Crippen LogP contribution in [0.5, 0.6) is 0 Å². The van der Waals surface area contributed by atoms with Crippen molar-refractivity contribution in [2.45, 2.75) is 25.9 Å². The lowest BCUT2D eigenvalue weighted by atomic mass is 9.99. The van der Waals surface area contributed by atoms with Crippen molar-refractivity contribution in [2.75, 3.05) is 19.7 Å². The van der Waals surface area contributed by atoms with Gasteiger partial charge in [0.1, 0.15) is 0 Å². The number of hydrogen-bond acceptors (Lipinski definition) is 2. The molecule has 1 aliphatic heterocycles. The number of halogens is 1. The molecule has 130 valence electrons.